The molecule has 1 aliphatic heterocycles. The zero-order chi connectivity index (χ0) is 39.0. The maximum atomic E-state index is 12.6. The molecular weight excluding hydrogens is 724 g/mol. The summed E-state index contributed by atoms with van der Waals surface area (Å²) in [5.41, 5.74) is 21.6. The number of oxazole rings is 1. The van der Waals surface area contributed by atoms with Crippen LogP contribution < -0.4 is 37.6 Å². The number of nitrogens with zero attached hydrogens (tertiary/aromatic N) is 11. The zero-order valence-electron chi connectivity index (χ0n) is 30.4. The second kappa shape index (κ2) is 17.2. The molecule has 21 nitrogen and oxygen atoms in total. The average Bonchev–Trinajstić information content (AvgIpc) is 3.79. The molecule has 6 heterocycles. The van der Waals surface area contributed by atoms with Crippen molar-refractivity contribution >= 4 is 63.4 Å². The molecule has 6 aromatic rings. The van der Waals surface area contributed by atoms with Crippen LogP contribution in [0.3, 0.4) is 0 Å². The van der Waals surface area contributed by atoms with Gasteiger partial charge in [0.25, 0.3) is 11.9 Å². The van der Waals surface area contributed by atoms with Crippen molar-refractivity contribution in [1.29, 1.82) is 0 Å². The molecule has 292 valence electrons. The standard InChI is InChI=1S/C35H42N16O5/c36-23-16-43-35(44-17-23)50-10-9-49(18-24(50)19-52)34-41-14-22(15-42-34)32(54)40-7-12-55-11-5-27(53)39-6-1-2-8-51-31-28(30(37)45-20-46-31)29(48-51)21-3-4-26-25(13-21)47-33(38)56-26/h3-4,13-17,20,24,52H,1-2,5-12,18-19,36H2,(H2,38,47)(H,39,53)(H,40,54)(H2,37,45,46). The lowest BCUT2D eigenvalue weighted by molar-refractivity contribution is -0.122. The van der Waals surface area contributed by atoms with Crippen LogP contribution in [0.2, 0.25) is 0 Å². The number of ether oxygens (including phenoxy) is 1. The number of aromatic nitrogens is 9. The third-order valence-electron chi connectivity index (χ3n) is 9.15. The number of nitrogen functional groups attached to an aromatic ring is 3. The summed E-state index contributed by atoms with van der Waals surface area (Å²) in [7, 11) is 0. The monoisotopic (exact) mass is 766 g/mol. The van der Waals surface area contributed by atoms with E-state index in [9.17, 15) is 14.7 Å². The summed E-state index contributed by atoms with van der Waals surface area (Å²) in [6, 6.07) is 5.28. The molecule has 1 saturated heterocycles. The van der Waals surface area contributed by atoms with Crippen LogP contribution in [0.1, 0.15) is 29.6 Å². The van der Waals surface area contributed by atoms with E-state index in [-0.39, 0.29) is 56.7 Å². The first-order valence-corrected chi connectivity index (χ1v) is 18.1. The van der Waals surface area contributed by atoms with Gasteiger partial charge < -0.3 is 51.9 Å². The first kappa shape index (κ1) is 37.6. The number of aryl methyl sites for hydroxylation is 1. The van der Waals surface area contributed by atoms with Gasteiger partial charge in [0, 0.05) is 63.6 Å². The van der Waals surface area contributed by atoms with Gasteiger partial charge in [-0.05, 0) is 31.0 Å². The Morgan fingerprint density at radius 2 is 1.73 bits per heavy atom. The molecule has 1 atom stereocenters. The fourth-order valence-corrected chi connectivity index (χ4v) is 6.33. The number of hydrogen-bond donors (Lipinski definition) is 6. The predicted molar refractivity (Wildman–Crippen MR) is 206 cm³/mol. The average molecular weight is 767 g/mol. The van der Waals surface area contributed by atoms with E-state index in [4.69, 9.17) is 31.5 Å². The van der Waals surface area contributed by atoms with Crippen molar-refractivity contribution in [2.24, 2.45) is 0 Å². The molecule has 1 unspecified atom stereocenters. The Labute approximate surface area is 319 Å². The van der Waals surface area contributed by atoms with Crippen LogP contribution in [0.5, 0.6) is 0 Å². The van der Waals surface area contributed by atoms with Crippen LogP contribution in [0, 0.1) is 0 Å². The summed E-state index contributed by atoms with van der Waals surface area (Å²) in [5, 5.41) is 21.1. The second-order valence-electron chi connectivity index (χ2n) is 13.0. The summed E-state index contributed by atoms with van der Waals surface area (Å²) in [4.78, 5) is 58.9. The second-order valence-corrected chi connectivity index (χ2v) is 13.0. The largest absolute Gasteiger partial charge is 0.424 e. The Bertz CT molecular complexity index is 2280. The minimum absolute atomic E-state index is 0.0840. The van der Waals surface area contributed by atoms with Crippen molar-refractivity contribution in [3.63, 3.8) is 0 Å². The van der Waals surface area contributed by atoms with E-state index >= 15 is 0 Å². The topological polar surface area (TPSA) is 293 Å². The third kappa shape index (κ3) is 8.63. The molecule has 56 heavy (non-hydrogen) atoms. The van der Waals surface area contributed by atoms with Crippen LogP contribution >= 0.6 is 0 Å². The van der Waals surface area contributed by atoms with Gasteiger partial charge in [0.15, 0.2) is 11.2 Å². The number of benzene rings is 1. The molecule has 0 saturated carbocycles. The number of fused-ring (bicyclic) bond motifs is 2. The quantitative estimate of drug-likeness (QED) is 0.0726. The van der Waals surface area contributed by atoms with Gasteiger partial charge in [0.2, 0.25) is 17.8 Å². The van der Waals surface area contributed by atoms with Gasteiger partial charge >= 0.3 is 0 Å². The molecule has 0 bridgehead atoms. The molecule has 7 rings (SSSR count). The summed E-state index contributed by atoms with van der Waals surface area (Å²) in [6.07, 6.45) is 9.02. The summed E-state index contributed by atoms with van der Waals surface area (Å²) in [5.74, 6) is 0.788. The maximum Gasteiger partial charge on any atom is 0.292 e. The molecule has 2 amide bonds. The molecule has 1 fully saturated rings. The number of aliphatic hydroxyl groups is 1. The lowest BCUT2D eigenvalue weighted by Gasteiger charge is -2.40. The van der Waals surface area contributed by atoms with Gasteiger partial charge in [-0.1, -0.05) is 0 Å². The van der Waals surface area contributed by atoms with Crippen LogP contribution in [0.4, 0.5) is 29.4 Å². The molecule has 21 heteroatoms. The van der Waals surface area contributed by atoms with E-state index in [1.54, 1.807) is 10.7 Å². The molecule has 0 spiro atoms. The first-order chi connectivity index (χ1) is 27.3. The smallest absolute Gasteiger partial charge is 0.292 e. The van der Waals surface area contributed by atoms with Gasteiger partial charge in [0.05, 0.1) is 54.9 Å². The highest BCUT2D eigenvalue weighted by Crippen LogP contribution is 2.32. The van der Waals surface area contributed by atoms with Crippen molar-refractivity contribution in [2.75, 3.05) is 79.5 Å². The van der Waals surface area contributed by atoms with Crippen molar-refractivity contribution < 1.29 is 23.8 Å². The van der Waals surface area contributed by atoms with Crippen LogP contribution in [-0.4, -0.2) is 120 Å². The van der Waals surface area contributed by atoms with Gasteiger partial charge in [-0.3, -0.25) is 9.59 Å². The highest BCUT2D eigenvalue weighted by atomic mass is 16.5. The Hall–Kier alpha value is -6.74. The van der Waals surface area contributed by atoms with E-state index in [0.29, 0.717) is 95.9 Å². The normalized spacial score (nSPS) is 14.4. The van der Waals surface area contributed by atoms with Crippen molar-refractivity contribution in [3.8, 4) is 11.3 Å². The van der Waals surface area contributed by atoms with E-state index in [2.05, 4.69) is 45.5 Å². The fraction of sp³-hybridized carbons (Fsp3) is 0.371. The summed E-state index contributed by atoms with van der Waals surface area (Å²) < 4.78 is 12.7. The molecule has 0 radical (unpaired) electrons. The number of carbonyl (C=O) groups is 2. The maximum absolute atomic E-state index is 12.6. The van der Waals surface area contributed by atoms with E-state index in [1.165, 1.54) is 31.1 Å². The molecular formula is C35H42N16O5. The minimum atomic E-state index is -0.342. The van der Waals surface area contributed by atoms with E-state index in [1.807, 2.05) is 21.9 Å². The number of nitrogens with one attached hydrogen (secondary N) is 2. The summed E-state index contributed by atoms with van der Waals surface area (Å²) in [6.45, 7) is 3.19. The Balaban J connectivity index is 0.780. The van der Waals surface area contributed by atoms with Crippen LogP contribution in [0.25, 0.3) is 33.4 Å². The Morgan fingerprint density at radius 1 is 0.929 bits per heavy atom. The third-order valence-corrected chi connectivity index (χ3v) is 9.15. The number of nitrogens with two attached hydrogens (primary N) is 3. The van der Waals surface area contributed by atoms with E-state index < -0.39 is 0 Å². The molecule has 1 aliphatic rings. The fourth-order valence-electron chi connectivity index (χ4n) is 6.33. The molecule has 9 N–H and O–H groups in total. The number of anilines is 5. The first-order valence-electron chi connectivity index (χ1n) is 18.1. The zero-order valence-corrected chi connectivity index (χ0v) is 30.4. The van der Waals surface area contributed by atoms with Gasteiger partial charge in [-0.15, -0.1) is 0 Å². The summed E-state index contributed by atoms with van der Waals surface area (Å²) >= 11 is 0. The number of carbonyl (C=O) groups excluding carboxylic acids is 2. The number of hydrogen-bond acceptors (Lipinski definition) is 18. The lowest BCUT2D eigenvalue weighted by Crippen LogP contribution is -2.56. The van der Waals surface area contributed by atoms with Crippen LogP contribution in [-0.2, 0) is 16.1 Å². The lowest BCUT2D eigenvalue weighted by atomic mass is 10.1. The number of unbranched alkanes of at least 4 members (excludes halogenated alkanes) is 1. The van der Waals surface area contributed by atoms with Crippen molar-refractivity contribution in [3.05, 3.63) is 54.9 Å². The number of aliphatic hydroxyl groups excluding tert-OH is 1. The molecule has 1 aromatic carbocycles. The molecule has 0 aliphatic carbocycles. The number of piperazine rings is 1. The highest BCUT2D eigenvalue weighted by Gasteiger charge is 2.29. The van der Waals surface area contributed by atoms with Gasteiger partial charge in [-0.2, -0.15) is 10.1 Å². The molecule has 5 aromatic heterocycles. The highest BCUT2D eigenvalue weighted by molar-refractivity contribution is 5.99. The van der Waals surface area contributed by atoms with Crippen LogP contribution in [0.15, 0.2) is 53.7 Å². The Kier molecular flexibility index (Phi) is 11.5. The number of amides is 2. The Morgan fingerprint density at radius 3 is 2.54 bits per heavy atom. The van der Waals surface area contributed by atoms with Gasteiger partial charge in [-0.25, -0.2) is 34.6 Å². The van der Waals surface area contributed by atoms with Crippen molar-refractivity contribution in [2.45, 2.75) is 31.8 Å². The SMILES string of the molecule is Nc1cnc(N2CCN(c3ncc(C(=O)NCCOCCC(=O)NCCCCn4nc(-c5ccc6oc(N)nc6c5)c5c(N)ncnc54)cn3)CC2CO)nc1. The number of rotatable bonds is 16. The van der Waals surface area contributed by atoms with E-state index in [0.717, 1.165) is 12.0 Å². The van der Waals surface area contributed by atoms with Gasteiger partial charge in [0.1, 0.15) is 23.4 Å². The predicted octanol–water partition coefficient (Wildman–Crippen LogP) is 0.382. The van der Waals surface area contributed by atoms with Crippen molar-refractivity contribution in [1.82, 2.24) is 55.3 Å². The minimum Gasteiger partial charge on any atom is -0.424 e.